The molecule has 1 heterocycles. The van der Waals surface area contributed by atoms with Gasteiger partial charge in [-0.05, 0) is 47.4 Å². The fourth-order valence-electron chi connectivity index (χ4n) is 4.25. The molecule has 0 radical (unpaired) electrons. The number of amides is 2. The Morgan fingerprint density at radius 2 is 1.62 bits per heavy atom. The number of carbonyl (C=O) groups excluding carboxylic acids is 2. The number of nitrogens with zero attached hydrogens (tertiary/aromatic N) is 2. The van der Waals surface area contributed by atoms with E-state index in [-0.39, 0.29) is 6.04 Å². The third kappa shape index (κ3) is 5.58. The monoisotopic (exact) mass is 476 g/mol. The minimum Gasteiger partial charge on any atom is -0.378 e. The van der Waals surface area contributed by atoms with E-state index in [0.29, 0.717) is 17.3 Å². The highest BCUT2D eigenvalue weighted by molar-refractivity contribution is 6.41. The first-order valence-corrected chi connectivity index (χ1v) is 11.7. The Balaban J connectivity index is 1.49. The van der Waals surface area contributed by atoms with Crippen LogP contribution in [0.4, 0.5) is 11.4 Å². The molecule has 1 aliphatic heterocycles. The predicted octanol–water partition coefficient (Wildman–Crippen LogP) is 4.26. The fraction of sp³-hybridized carbons (Fsp3) is 0.259. The van der Waals surface area contributed by atoms with Crippen LogP contribution >= 0.6 is 11.6 Å². The van der Waals surface area contributed by atoms with E-state index in [4.69, 9.17) is 11.6 Å². The summed E-state index contributed by atoms with van der Waals surface area (Å²) < 4.78 is 0. The molecule has 0 spiro atoms. The summed E-state index contributed by atoms with van der Waals surface area (Å²) in [6, 6.07) is 23.6. The maximum Gasteiger partial charge on any atom is 0.313 e. The highest BCUT2D eigenvalue weighted by Gasteiger charge is 2.26. The normalized spacial score (nSPS) is 14.1. The van der Waals surface area contributed by atoms with Gasteiger partial charge in [0.05, 0.1) is 16.8 Å². The van der Waals surface area contributed by atoms with Crippen molar-refractivity contribution in [2.75, 3.05) is 37.4 Å². The quantitative estimate of drug-likeness (QED) is 0.522. The van der Waals surface area contributed by atoms with Gasteiger partial charge < -0.3 is 15.5 Å². The number of hydrogen-bond acceptors (Lipinski definition) is 4. The molecule has 1 atom stereocenters. The zero-order valence-corrected chi connectivity index (χ0v) is 20.2. The number of benzene rings is 3. The topological polar surface area (TPSA) is 64.7 Å². The molecule has 0 saturated carbocycles. The summed E-state index contributed by atoms with van der Waals surface area (Å²) in [4.78, 5) is 29.5. The Morgan fingerprint density at radius 1 is 0.941 bits per heavy atom. The molecule has 0 fully saturated rings. The van der Waals surface area contributed by atoms with E-state index in [0.717, 1.165) is 30.8 Å². The van der Waals surface area contributed by atoms with Crippen molar-refractivity contribution in [3.63, 3.8) is 0 Å². The third-order valence-corrected chi connectivity index (χ3v) is 6.51. The van der Waals surface area contributed by atoms with Gasteiger partial charge in [-0.25, -0.2) is 0 Å². The lowest BCUT2D eigenvalue weighted by Gasteiger charge is -2.36. The van der Waals surface area contributed by atoms with Crippen molar-refractivity contribution in [1.82, 2.24) is 10.2 Å². The van der Waals surface area contributed by atoms with Crippen molar-refractivity contribution in [3.05, 3.63) is 94.5 Å². The van der Waals surface area contributed by atoms with Crippen molar-refractivity contribution in [3.8, 4) is 0 Å². The molecule has 6 nitrogen and oxygen atoms in total. The SMILES string of the molecule is CN(C)c1ccc(C(CNC(=O)C(=O)Nc2ccccc2Cl)N2CCc3ccccc3C2)cc1. The number of halogens is 1. The van der Waals surface area contributed by atoms with Gasteiger partial charge in [-0.3, -0.25) is 14.5 Å². The molecular weight excluding hydrogens is 448 g/mol. The molecule has 7 heteroatoms. The predicted molar refractivity (Wildman–Crippen MR) is 137 cm³/mol. The van der Waals surface area contributed by atoms with E-state index < -0.39 is 11.8 Å². The summed E-state index contributed by atoms with van der Waals surface area (Å²) in [7, 11) is 4.01. The zero-order valence-electron chi connectivity index (χ0n) is 19.4. The Labute approximate surface area is 205 Å². The maximum absolute atomic E-state index is 12.6. The number of hydrogen-bond donors (Lipinski definition) is 2. The first-order chi connectivity index (χ1) is 16.4. The van der Waals surface area contributed by atoms with Gasteiger partial charge in [0.15, 0.2) is 0 Å². The average Bonchev–Trinajstić information content (AvgIpc) is 2.85. The van der Waals surface area contributed by atoms with Crippen LogP contribution in [0, 0.1) is 0 Å². The van der Waals surface area contributed by atoms with E-state index in [1.54, 1.807) is 24.3 Å². The number of fused-ring (bicyclic) bond motifs is 1. The molecule has 3 aromatic carbocycles. The van der Waals surface area contributed by atoms with Crippen LogP contribution in [-0.2, 0) is 22.6 Å². The largest absolute Gasteiger partial charge is 0.378 e. The number of rotatable bonds is 6. The highest BCUT2D eigenvalue weighted by atomic mass is 35.5. The minimum absolute atomic E-state index is 0.0679. The van der Waals surface area contributed by atoms with Crippen LogP contribution in [0.1, 0.15) is 22.7 Å². The van der Waals surface area contributed by atoms with Gasteiger partial charge in [-0.1, -0.05) is 60.1 Å². The second-order valence-electron chi connectivity index (χ2n) is 8.63. The summed E-state index contributed by atoms with van der Waals surface area (Å²) in [6.07, 6.45) is 0.948. The standard InChI is InChI=1S/C27H29ClN4O2/c1-31(2)22-13-11-20(12-14-22)25(32-16-15-19-7-3-4-8-21(19)18-32)17-29-26(33)27(34)30-24-10-6-5-9-23(24)28/h3-14,25H,15-18H2,1-2H3,(H,29,33)(H,30,34). The number of anilines is 2. The van der Waals surface area contributed by atoms with E-state index >= 15 is 0 Å². The molecule has 4 rings (SSSR count). The van der Waals surface area contributed by atoms with Crippen LogP contribution in [0.15, 0.2) is 72.8 Å². The number of nitrogens with one attached hydrogen (secondary N) is 2. The van der Waals surface area contributed by atoms with Gasteiger partial charge in [-0.2, -0.15) is 0 Å². The molecule has 0 bridgehead atoms. The van der Waals surface area contributed by atoms with E-state index in [9.17, 15) is 9.59 Å². The van der Waals surface area contributed by atoms with Crippen LogP contribution in [0.25, 0.3) is 0 Å². The summed E-state index contributed by atoms with van der Waals surface area (Å²) in [5.41, 5.74) is 5.27. The summed E-state index contributed by atoms with van der Waals surface area (Å²) in [5, 5.41) is 5.80. The Hall–Kier alpha value is -3.35. The molecule has 176 valence electrons. The van der Waals surface area contributed by atoms with Crippen LogP contribution in [-0.4, -0.2) is 43.9 Å². The van der Waals surface area contributed by atoms with Crippen molar-refractivity contribution in [2.45, 2.75) is 19.0 Å². The second kappa shape index (κ2) is 10.7. The third-order valence-electron chi connectivity index (χ3n) is 6.18. The molecule has 0 aromatic heterocycles. The smallest absolute Gasteiger partial charge is 0.313 e. The number of carbonyl (C=O) groups is 2. The first kappa shape index (κ1) is 23.8. The van der Waals surface area contributed by atoms with Gasteiger partial charge >= 0.3 is 11.8 Å². The van der Waals surface area contributed by atoms with Gasteiger partial charge in [0.25, 0.3) is 0 Å². The van der Waals surface area contributed by atoms with Crippen LogP contribution in [0.2, 0.25) is 5.02 Å². The van der Waals surface area contributed by atoms with Gasteiger partial charge in [0.1, 0.15) is 0 Å². The van der Waals surface area contributed by atoms with Crippen LogP contribution in [0.3, 0.4) is 0 Å². The van der Waals surface area contributed by atoms with Crippen molar-refractivity contribution in [2.24, 2.45) is 0 Å². The Kier molecular flexibility index (Phi) is 7.50. The van der Waals surface area contributed by atoms with Gasteiger partial charge in [-0.15, -0.1) is 0 Å². The minimum atomic E-state index is -0.737. The number of para-hydroxylation sites is 1. The van der Waals surface area contributed by atoms with Crippen molar-refractivity contribution >= 4 is 34.8 Å². The Bertz CT molecular complexity index is 1160. The summed E-state index contributed by atoms with van der Waals surface area (Å²) in [5.74, 6) is -1.42. The lowest BCUT2D eigenvalue weighted by molar-refractivity contribution is -0.136. The molecule has 3 aromatic rings. The summed E-state index contributed by atoms with van der Waals surface area (Å²) >= 11 is 6.10. The molecule has 0 saturated heterocycles. The molecule has 1 aliphatic rings. The average molecular weight is 477 g/mol. The van der Waals surface area contributed by atoms with E-state index in [1.165, 1.54) is 11.1 Å². The van der Waals surface area contributed by atoms with Gasteiger partial charge in [0.2, 0.25) is 0 Å². The lowest BCUT2D eigenvalue weighted by atomic mass is 9.96. The van der Waals surface area contributed by atoms with Crippen LogP contribution < -0.4 is 15.5 Å². The molecule has 2 amide bonds. The maximum atomic E-state index is 12.6. The highest BCUT2D eigenvalue weighted by Crippen LogP contribution is 2.29. The lowest BCUT2D eigenvalue weighted by Crippen LogP contribution is -2.43. The molecule has 34 heavy (non-hydrogen) atoms. The van der Waals surface area contributed by atoms with E-state index in [1.807, 2.05) is 14.1 Å². The summed E-state index contributed by atoms with van der Waals surface area (Å²) in [6.45, 7) is 1.98. The Morgan fingerprint density at radius 3 is 2.32 bits per heavy atom. The fourth-order valence-corrected chi connectivity index (χ4v) is 4.43. The van der Waals surface area contributed by atoms with Crippen LogP contribution in [0.5, 0.6) is 0 Å². The molecular formula is C27H29ClN4O2. The van der Waals surface area contributed by atoms with Gasteiger partial charge in [0, 0.05) is 39.4 Å². The van der Waals surface area contributed by atoms with E-state index in [2.05, 4.69) is 69.0 Å². The first-order valence-electron chi connectivity index (χ1n) is 11.3. The molecule has 0 aliphatic carbocycles. The molecule has 1 unspecified atom stereocenters. The van der Waals surface area contributed by atoms with Crippen molar-refractivity contribution < 1.29 is 9.59 Å². The second-order valence-corrected chi connectivity index (χ2v) is 9.04. The molecule has 2 N–H and O–H groups in total. The zero-order chi connectivity index (χ0) is 24.1. The van der Waals surface area contributed by atoms with Crippen molar-refractivity contribution in [1.29, 1.82) is 0 Å².